The molecule has 3 nitrogen and oxygen atoms in total. The van der Waals surface area contributed by atoms with Crippen LogP contribution < -0.4 is 0 Å². The molecule has 0 aliphatic rings. The third-order valence-electron chi connectivity index (χ3n) is 2.04. The maximum Gasteiger partial charge on any atom is 0.146 e. The minimum atomic E-state index is 0.689. The van der Waals surface area contributed by atoms with E-state index in [-0.39, 0.29) is 0 Å². The summed E-state index contributed by atoms with van der Waals surface area (Å²) >= 11 is 0. The van der Waals surface area contributed by atoms with E-state index >= 15 is 0 Å². The van der Waals surface area contributed by atoms with E-state index in [0.29, 0.717) is 5.76 Å². The molecule has 0 amide bonds. The first-order chi connectivity index (χ1) is 8.45. The van der Waals surface area contributed by atoms with Gasteiger partial charge in [-0.3, -0.25) is 0 Å². The smallest absolute Gasteiger partial charge is 0.146 e. The second kappa shape index (κ2) is 6.23. The minimum Gasteiger partial charge on any atom is -0.463 e. The van der Waals surface area contributed by atoms with Crippen LogP contribution in [0.25, 0.3) is 6.08 Å². The molecule has 0 saturated carbocycles. The Kier molecular flexibility index (Phi) is 4.06. The highest BCUT2D eigenvalue weighted by Gasteiger charge is 1.85. The molecule has 0 spiro atoms. The molecular formula is C14H12N2O. The predicted molar refractivity (Wildman–Crippen MR) is 70.3 cm³/mol. The van der Waals surface area contributed by atoms with Crippen molar-refractivity contribution in [2.75, 3.05) is 0 Å². The second-order valence-corrected chi connectivity index (χ2v) is 3.29. The predicted octanol–water partition coefficient (Wildman–Crippen LogP) is 3.40. The van der Waals surface area contributed by atoms with Crippen molar-refractivity contribution in [2.45, 2.75) is 0 Å². The van der Waals surface area contributed by atoms with E-state index in [2.05, 4.69) is 10.2 Å². The molecule has 0 bridgehead atoms. The van der Waals surface area contributed by atoms with Gasteiger partial charge in [-0.15, -0.1) is 0 Å². The highest BCUT2D eigenvalue weighted by Crippen LogP contribution is 1.99. The first kappa shape index (κ1) is 11.1. The lowest BCUT2D eigenvalue weighted by molar-refractivity contribution is 0.560. The summed E-state index contributed by atoms with van der Waals surface area (Å²) < 4.78 is 5.07. The molecule has 1 heterocycles. The van der Waals surface area contributed by atoms with Crippen molar-refractivity contribution in [1.82, 2.24) is 0 Å². The van der Waals surface area contributed by atoms with Crippen LogP contribution in [0.3, 0.4) is 0 Å². The Morgan fingerprint density at radius 3 is 2.59 bits per heavy atom. The fraction of sp³-hybridized carbons (Fsp3) is 0. The maximum atomic E-state index is 5.07. The average molecular weight is 224 g/mol. The van der Waals surface area contributed by atoms with Gasteiger partial charge in [0.1, 0.15) is 5.76 Å². The summed E-state index contributed by atoms with van der Waals surface area (Å²) in [6.07, 6.45) is 8.60. The average Bonchev–Trinajstić information content (AvgIpc) is 2.88. The van der Waals surface area contributed by atoms with Gasteiger partial charge < -0.3 is 4.42 Å². The summed E-state index contributed by atoms with van der Waals surface area (Å²) in [6.45, 7) is 0. The molecular weight excluding hydrogens is 212 g/mol. The highest BCUT2D eigenvalue weighted by atomic mass is 16.3. The van der Waals surface area contributed by atoms with Gasteiger partial charge in [0.15, 0.2) is 0 Å². The molecule has 0 atom stereocenters. The number of hydrogen-bond acceptors (Lipinski definition) is 3. The van der Waals surface area contributed by atoms with Crippen molar-refractivity contribution in [3.63, 3.8) is 0 Å². The Balaban J connectivity index is 1.84. The van der Waals surface area contributed by atoms with Crippen molar-refractivity contribution < 1.29 is 4.42 Å². The van der Waals surface area contributed by atoms with Crippen LogP contribution >= 0.6 is 0 Å². The fourth-order valence-corrected chi connectivity index (χ4v) is 1.25. The molecule has 84 valence electrons. The quantitative estimate of drug-likeness (QED) is 0.579. The number of furan rings is 1. The Hall–Kier alpha value is -2.42. The van der Waals surface area contributed by atoms with Gasteiger partial charge in [0.25, 0.3) is 0 Å². The molecule has 0 unspecified atom stereocenters. The first-order valence-electron chi connectivity index (χ1n) is 5.27. The van der Waals surface area contributed by atoms with Gasteiger partial charge in [0.2, 0.25) is 0 Å². The van der Waals surface area contributed by atoms with Gasteiger partial charge in [-0.25, -0.2) is 0 Å². The summed E-state index contributed by atoms with van der Waals surface area (Å²) in [5.41, 5.74) is 1.13. The van der Waals surface area contributed by atoms with Gasteiger partial charge in [-0.1, -0.05) is 36.4 Å². The van der Waals surface area contributed by atoms with Crippen LogP contribution in [0.1, 0.15) is 11.3 Å². The van der Waals surface area contributed by atoms with Crippen molar-refractivity contribution in [2.24, 2.45) is 10.2 Å². The largest absolute Gasteiger partial charge is 0.463 e. The second-order valence-electron chi connectivity index (χ2n) is 3.29. The lowest BCUT2D eigenvalue weighted by atomic mass is 10.2. The molecule has 1 aromatic heterocycles. The molecule has 17 heavy (non-hydrogen) atoms. The fourth-order valence-electron chi connectivity index (χ4n) is 1.25. The summed E-state index contributed by atoms with van der Waals surface area (Å²) in [4.78, 5) is 0. The van der Waals surface area contributed by atoms with Gasteiger partial charge in [0.05, 0.1) is 12.5 Å². The normalized spacial score (nSPS) is 12.0. The van der Waals surface area contributed by atoms with E-state index in [1.807, 2.05) is 48.6 Å². The summed E-state index contributed by atoms with van der Waals surface area (Å²) in [5, 5.41) is 7.70. The van der Waals surface area contributed by atoms with Crippen molar-refractivity contribution >= 4 is 18.5 Å². The molecule has 1 aromatic carbocycles. The van der Waals surface area contributed by atoms with E-state index in [9.17, 15) is 0 Å². The van der Waals surface area contributed by atoms with E-state index in [1.165, 1.54) is 0 Å². The molecule has 2 rings (SSSR count). The third kappa shape index (κ3) is 3.91. The van der Waals surface area contributed by atoms with Crippen LogP contribution in [0.2, 0.25) is 0 Å². The molecule has 0 radical (unpaired) electrons. The summed E-state index contributed by atoms with van der Waals surface area (Å²) in [5.74, 6) is 0.689. The maximum absolute atomic E-state index is 5.07. The van der Waals surface area contributed by atoms with E-state index in [4.69, 9.17) is 4.42 Å². The standard InChI is InChI=1S/C14H12N2O/c1-2-6-13(7-3-1)8-4-10-15-16-12-14-9-5-11-17-14/h1-12H/b8-4+,15-10-,16-12+. The van der Waals surface area contributed by atoms with Crippen LogP contribution in [-0.4, -0.2) is 12.4 Å². The third-order valence-corrected chi connectivity index (χ3v) is 2.04. The van der Waals surface area contributed by atoms with E-state index < -0.39 is 0 Å². The van der Waals surface area contributed by atoms with Crippen LogP contribution in [0.15, 0.2) is 69.4 Å². The molecule has 0 aliphatic heterocycles. The van der Waals surface area contributed by atoms with Crippen LogP contribution in [0, 0.1) is 0 Å². The molecule has 0 N–H and O–H groups in total. The molecule has 3 heteroatoms. The topological polar surface area (TPSA) is 37.9 Å². The summed E-state index contributed by atoms with van der Waals surface area (Å²) in [7, 11) is 0. The zero-order chi connectivity index (χ0) is 11.8. The zero-order valence-electron chi connectivity index (χ0n) is 9.23. The van der Waals surface area contributed by atoms with Crippen LogP contribution in [0.4, 0.5) is 0 Å². The van der Waals surface area contributed by atoms with Crippen molar-refractivity contribution in [1.29, 1.82) is 0 Å². The van der Waals surface area contributed by atoms with Crippen LogP contribution in [-0.2, 0) is 0 Å². The minimum absolute atomic E-state index is 0.689. The van der Waals surface area contributed by atoms with Gasteiger partial charge in [-0.05, 0) is 23.8 Å². The Bertz CT molecular complexity index is 510. The monoisotopic (exact) mass is 224 g/mol. The summed E-state index contributed by atoms with van der Waals surface area (Å²) in [6, 6.07) is 13.6. The number of allylic oxidation sites excluding steroid dienone is 1. The van der Waals surface area contributed by atoms with E-state index in [1.54, 1.807) is 24.8 Å². The highest BCUT2D eigenvalue weighted by molar-refractivity contribution is 5.80. The number of nitrogens with zero attached hydrogens (tertiary/aromatic N) is 2. The van der Waals surface area contributed by atoms with Crippen molar-refractivity contribution in [3.8, 4) is 0 Å². The number of benzene rings is 1. The van der Waals surface area contributed by atoms with Gasteiger partial charge in [0, 0.05) is 6.21 Å². The lowest BCUT2D eigenvalue weighted by Crippen LogP contribution is -1.72. The van der Waals surface area contributed by atoms with Gasteiger partial charge in [-0.2, -0.15) is 10.2 Å². The zero-order valence-corrected chi connectivity index (χ0v) is 9.23. The molecule has 0 aliphatic carbocycles. The lowest BCUT2D eigenvalue weighted by Gasteiger charge is -1.87. The Morgan fingerprint density at radius 1 is 0.941 bits per heavy atom. The Labute approximate surface area is 99.8 Å². The Morgan fingerprint density at radius 2 is 1.82 bits per heavy atom. The van der Waals surface area contributed by atoms with E-state index in [0.717, 1.165) is 5.56 Å². The van der Waals surface area contributed by atoms with Crippen LogP contribution in [0.5, 0.6) is 0 Å². The first-order valence-corrected chi connectivity index (χ1v) is 5.27. The molecule has 2 aromatic rings. The molecule has 0 fully saturated rings. The van der Waals surface area contributed by atoms with Crippen molar-refractivity contribution in [3.05, 3.63) is 66.1 Å². The number of rotatable bonds is 4. The molecule has 0 saturated heterocycles. The SMILES string of the molecule is C(/C=C/c1ccccc1)=N/N=C/c1ccco1. The van der Waals surface area contributed by atoms with Gasteiger partial charge >= 0.3 is 0 Å². The number of hydrogen-bond donors (Lipinski definition) is 0.